The summed E-state index contributed by atoms with van der Waals surface area (Å²) in [6, 6.07) is 55.8. The van der Waals surface area contributed by atoms with Crippen molar-refractivity contribution in [1.82, 2.24) is 10.4 Å². The molecule has 6 aromatic carbocycles. The molecule has 6 aromatic rings. The molecule has 1 aliphatic heterocycles. The lowest BCUT2D eigenvalue weighted by Gasteiger charge is -2.49. The number of ether oxygens (including phenoxy) is 7. The van der Waals surface area contributed by atoms with Gasteiger partial charge in [0.25, 0.3) is 0 Å². The van der Waals surface area contributed by atoms with Gasteiger partial charge in [-0.25, -0.2) is 20.0 Å². The number of nitrogens with zero attached hydrogens (tertiary/aromatic N) is 1. The Labute approximate surface area is 374 Å². The SMILES string of the molecule is O=C(NN(C(=O)OCc1ccccc1)[C@@H](CO)[C@@H]1O[C@H](COCc2ccccc2)[C@@H](OCc2ccccc2)[C@H](OCc2ccccc2)[C@H]1OCc1ccccc1)OCc1ccccc1. The topological polar surface area (TPSA) is 134 Å². The average Bonchev–Trinajstić information content (AvgIpc) is 3.35. The monoisotopic (exact) mass is 866 g/mol. The Bertz CT molecular complexity index is 2240. The molecule has 0 radical (unpaired) electrons. The molecule has 0 aliphatic carbocycles. The predicted molar refractivity (Wildman–Crippen MR) is 239 cm³/mol. The van der Waals surface area contributed by atoms with Crippen molar-refractivity contribution in [2.75, 3.05) is 13.2 Å². The second-order valence-electron chi connectivity index (χ2n) is 15.3. The van der Waals surface area contributed by atoms with Crippen molar-refractivity contribution < 1.29 is 47.9 Å². The highest BCUT2D eigenvalue weighted by molar-refractivity contribution is 5.74. The van der Waals surface area contributed by atoms with E-state index in [1.54, 1.807) is 0 Å². The normalized spacial score (nSPS) is 18.7. The Balaban J connectivity index is 1.26. The molecule has 1 heterocycles. The van der Waals surface area contributed by atoms with Crippen LogP contribution >= 0.6 is 0 Å². The fraction of sp³-hybridized carbons (Fsp3) is 0.269. The second-order valence-corrected chi connectivity index (χ2v) is 15.3. The van der Waals surface area contributed by atoms with Crippen molar-refractivity contribution in [2.45, 2.75) is 76.2 Å². The first-order valence-electron chi connectivity index (χ1n) is 21.4. The molecular formula is C52H54N2O10. The molecule has 0 spiro atoms. The summed E-state index contributed by atoms with van der Waals surface area (Å²) in [5, 5.41) is 12.4. The summed E-state index contributed by atoms with van der Waals surface area (Å²) in [7, 11) is 0. The van der Waals surface area contributed by atoms with Crippen molar-refractivity contribution in [3.63, 3.8) is 0 Å². The number of aliphatic hydroxyl groups excluding tert-OH is 1. The Morgan fingerprint density at radius 2 is 0.875 bits per heavy atom. The smallest absolute Gasteiger partial charge is 0.429 e. The third kappa shape index (κ3) is 13.6. The summed E-state index contributed by atoms with van der Waals surface area (Å²) in [4.78, 5) is 28.0. The van der Waals surface area contributed by atoms with Gasteiger partial charge in [-0.3, -0.25) is 0 Å². The van der Waals surface area contributed by atoms with E-state index in [2.05, 4.69) is 5.43 Å². The Hall–Kier alpha value is -6.38. The highest BCUT2D eigenvalue weighted by atomic mass is 16.6. The molecule has 0 saturated carbocycles. The van der Waals surface area contributed by atoms with Gasteiger partial charge in [0.2, 0.25) is 0 Å². The van der Waals surface area contributed by atoms with E-state index in [1.807, 2.05) is 182 Å². The van der Waals surface area contributed by atoms with Gasteiger partial charge in [0.15, 0.2) is 0 Å². The third-order valence-electron chi connectivity index (χ3n) is 10.6. The lowest BCUT2D eigenvalue weighted by atomic mass is 9.90. The van der Waals surface area contributed by atoms with Crippen LogP contribution in [0.4, 0.5) is 9.59 Å². The lowest BCUT2D eigenvalue weighted by molar-refractivity contribution is -0.283. The molecule has 1 saturated heterocycles. The summed E-state index contributed by atoms with van der Waals surface area (Å²) in [6.45, 7) is -0.106. The minimum atomic E-state index is -1.32. The van der Waals surface area contributed by atoms with Crippen LogP contribution in [0.25, 0.3) is 0 Å². The minimum absolute atomic E-state index is 0.0323. The molecule has 12 nitrogen and oxygen atoms in total. The molecule has 12 heteroatoms. The van der Waals surface area contributed by atoms with Crippen LogP contribution in [0, 0.1) is 0 Å². The van der Waals surface area contributed by atoms with Gasteiger partial charge in [0.05, 0.1) is 39.6 Å². The summed E-state index contributed by atoms with van der Waals surface area (Å²) in [5.74, 6) is 0. The number of hydrogen-bond acceptors (Lipinski definition) is 10. The maximum Gasteiger partial charge on any atom is 0.429 e. The predicted octanol–water partition coefficient (Wildman–Crippen LogP) is 8.57. The number of amides is 2. The van der Waals surface area contributed by atoms with Crippen LogP contribution in [0.15, 0.2) is 182 Å². The van der Waals surface area contributed by atoms with Crippen molar-refractivity contribution in [3.05, 3.63) is 215 Å². The van der Waals surface area contributed by atoms with Crippen LogP contribution < -0.4 is 5.43 Å². The number of benzene rings is 6. The number of carbonyl (C=O) groups excluding carboxylic acids is 2. The molecule has 2 amide bonds. The van der Waals surface area contributed by atoms with Crippen LogP contribution in [-0.4, -0.2) is 72.1 Å². The fourth-order valence-corrected chi connectivity index (χ4v) is 7.37. The van der Waals surface area contributed by atoms with Gasteiger partial charge in [0, 0.05) is 0 Å². The van der Waals surface area contributed by atoms with Crippen molar-refractivity contribution in [2.24, 2.45) is 0 Å². The number of hydrazine groups is 1. The van der Waals surface area contributed by atoms with Crippen molar-refractivity contribution in [1.29, 1.82) is 0 Å². The van der Waals surface area contributed by atoms with Crippen LogP contribution in [-0.2, 0) is 72.8 Å². The molecule has 2 N–H and O–H groups in total. The van der Waals surface area contributed by atoms with E-state index in [9.17, 15) is 14.7 Å². The van der Waals surface area contributed by atoms with E-state index >= 15 is 0 Å². The zero-order valence-corrected chi connectivity index (χ0v) is 35.5. The first kappa shape index (κ1) is 45.6. The Kier molecular flexibility index (Phi) is 17.4. The highest BCUT2D eigenvalue weighted by Crippen LogP contribution is 2.34. The Morgan fingerprint density at radius 1 is 0.500 bits per heavy atom. The molecule has 6 atom stereocenters. The van der Waals surface area contributed by atoms with Crippen molar-refractivity contribution in [3.8, 4) is 0 Å². The summed E-state index contributed by atoms with van der Waals surface area (Å²) in [5.41, 5.74) is 7.67. The van der Waals surface area contributed by atoms with Gasteiger partial charge in [-0.15, -0.1) is 0 Å². The van der Waals surface area contributed by atoms with E-state index in [4.69, 9.17) is 33.2 Å². The average molecular weight is 867 g/mol. The molecule has 332 valence electrons. The third-order valence-corrected chi connectivity index (χ3v) is 10.6. The molecular weight excluding hydrogens is 813 g/mol. The van der Waals surface area contributed by atoms with Gasteiger partial charge >= 0.3 is 12.2 Å². The first-order valence-corrected chi connectivity index (χ1v) is 21.4. The molecule has 64 heavy (non-hydrogen) atoms. The van der Waals surface area contributed by atoms with Gasteiger partial charge < -0.3 is 38.3 Å². The number of aliphatic hydroxyl groups is 1. The van der Waals surface area contributed by atoms with E-state index in [0.29, 0.717) is 5.56 Å². The zero-order valence-electron chi connectivity index (χ0n) is 35.5. The van der Waals surface area contributed by atoms with Crippen LogP contribution in [0.3, 0.4) is 0 Å². The largest absolute Gasteiger partial charge is 0.443 e. The first-order chi connectivity index (χ1) is 31.5. The van der Waals surface area contributed by atoms with Gasteiger partial charge in [-0.05, 0) is 33.4 Å². The molecule has 1 aliphatic rings. The maximum atomic E-state index is 14.3. The van der Waals surface area contributed by atoms with E-state index in [1.165, 1.54) is 0 Å². The zero-order chi connectivity index (χ0) is 44.2. The van der Waals surface area contributed by atoms with Crippen LogP contribution in [0.2, 0.25) is 0 Å². The van der Waals surface area contributed by atoms with E-state index < -0.39 is 55.4 Å². The molecule has 0 bridgehead atoms. The second kappa shape index (κ2) is 24.5. The van der Waals surface area contributed by atoms with Crippen LogP contribution in [0.5, 0.6) is 0 Å². The van der Waals surface area contributed by atoms with Gasteiger partial charge in [-0.2, -0.15) is 0 Å². The number of carbonyl (C=O) groups is 2. The standard InChI is InChI=1S/C52H54N2O10/c55-31-45(54(52(57)63-37-44-29-17-6-18-30-44)53-51(56)62-36-43-27-15-5-16-28-43)47-49(60-34-41-23-11-3-12-24-41)50(61-35-42-25-13-4-14-26-42)48(59-33-40-21-9-2-10-22-40)46(64-47)38-58-32-39-19-7-1-8-20-39/h1-30,45-50,55H,31-38H2,(H,53,56)/t45-,46+,47-,48+,49-,50-/m0/s1. The molecule has 0 unspecified atom stereocenters. The van der Waals surface area contributed by atoms with Crippen LogP contribution in [0.1, 0.15) is 33.4 Å². The lowest BCUT2D eigenvalue weighted by Crippen LogP contribution is -2.68. The quantitative estimate of drug-likeness (QED) is 0.0720. The minimum Gasteiger partial charge on any atom is -0.443 e. The van der Waals surface area contributed by atoms with Gasteiger partial charge in [0.1, 0.15) is 49.8 Å². The maximum absolute atomic E-state index is 14.3. The summed E-state index contributed by atoms with van der Waals surface area (Å²) < 4.78 is 45.3. The molecule has 0 aromatic heterocycles. The number of rotatable bonds is 20. The Morgan fingerprint density at radius 3 is 1.31 bits per heavy atom. The molecule has 1 fully saturated rings. The van der Waals surface area contributed by atoms with E-state index in [0.717, 1.165) is 32.8 Å². The van der Waals surface area contributed by atoms with E-state index in [-0.39, 0.29) is 46.2 Å². The summed E-state index contributed by atoms with van der Waals surface area (Å²) in [6.07, 6.45) is -6.62. The summed E-state index contributed by atoms with van der Waals surface area (Å²) >= 11 is 0. The molecule has 7 rings (SSSR count). The number of hydrogen-bond donors (Lipinski definition) is 2. The fourth-order valence-electron chi connectivity index (χ4n) is 7.37. The highest BCUT2D eigenvalue weighted by Gasteiger charge is 2.53. The van der Waals surface area contributed by atoms with Gasteiger partial charge in [-0.1, -0.05) is 182 Å². The van der Waals surface area contributed by atoms with Crippen molar-refractivity contribution >= 4 is 12.2 Å². The number of nitrogens with one attached hydrogen (secondary N) is 1.